The van der Waals surface area contributed by atoms with Crippen LogP contribution in [0, 0.1) is 0 Å². The van der Waals surface area contributed by atoms with Crippen LogP contribution in [0.4, 0.5) is 5.69 Å². The zero-order valence-electron chi connectivity index (χ0n) is 11.4. The van der Waals surface area contributed by atoms with Gasteiger partial charge >= 0.3 is 0 Å². The summed E-state index contributed by atoms with van der Waals surface area (Å²) >= 11 is 1.34. The molecule has 0 fully saturated rings. The number of aromatic nitrogens is 1. The fraction of sp³-hybridized carbons (Fsp3) is 0.385. The van der Waals surface area contributed by atoms with Crippen LogP contribution in [0.1, 0.15) is 23.0 Å². The molecular formula is C13H17N3O2S2. The van der Waals surface area contributed by atoms with Gasteiger partial charge < -0.3 is 11.1 Å². The molecule has 0 saturated heterocycles. The Bertz CT molecular complexity index is 654. The van der Waals surface area contributed by atoms with E-state index in [2.05, 4.69) is 10.3 Å². The average molecular weight is 311 g/mol. The van der Waals surface area contributed by atoms with E-state index in [9.17, 15) is 9.00 Å². The Kier molecular flexibility index (Phi) is 4.72. The predicted molar refractivity (Wildman–Crippen MR) is 84.5 cm³/mol. The normalized spacial score (nSPS) is 14.1. The summed E-state index contributed by atoms with van der Waals surface area (Å²) in [5.74, 6) is 0.380. The van der Waals surface area contributed by atoms with E-state index in [-0.39, 0.29) is 11.9 Å². The number of carbonyl (C=O) groups is 1. The largest absolute Gasteiger partial charge is 0.396 e. The molecule has 0 bridgehead atoms. The number of rotatable bonds is 5. The van der Waals surface area contributed by atoms with Gasteiger partial charge in [0.05, 0.1) is 10.4 Å². The van der Waals surface area contributed by atoms with Crippen molar-refractivity contribution < 1.29 is 9.00 Å². The van der Waals surface area contributed by atoms with E-state index in [1.165, 1.54) is 11.3 Å². The van der Waals surface area contributed by atoms with Crippen LogP contribution in [0.5, 0.6) is 0 Å². The number of nitrogens with one attached hydrogen (secondary N) is 1. The van der Waals surface area contributed by atoms with E-state index in [1.807, 2.05) is 19.1 Å². The summed E-state index contributed by atoms with van der Waals surface area (Å²) in [5, 5.41) is 2.88. The molecule has 20 heavy (non-hydrogen) atoms. The first-order chi connectivity index (χ1) is 9.49. The maximum absolute atomic E-state index is 12.2. The van der Waals surface area contributed by atoms with E-state index < -0.39 is 10.8 Å². The summed E-state index contributed by atoms with van der Waals surface area (Å²) in [4.78, 5) is 16.9. The van der Waals surface area contributed by atoms with Crippen LogP contribution in [-0.4, -0.2) is 33.2 Å². The number of nitrogens with zero attached hydrogens (tertiary/aromatic N) is 1. The number of carbonyl (C=O) groups excluding carboxylic acids is 1. The van der Waals surface area contributed by atoms with Crippen LogP contribution in [-0.2, 0) is 10.8 Å². The maximum Gasteiger partial charge on any atom is 0.263 e. The number of nitrogens with two attached hydrogens (primary N) is 1. The molecule has 1 amide bonds. The highest BCUT2D eigenvalue weighted by Crippen LogP contribution is 2.31. The number of hydrogen-bond acceptors (Lipinski definition) is 5. The molecule has 0 radical (unpaired) electrons. The molecule has 2 aromatic heterocycles. The highest BCUT2D eigenvalue weighted by molar-refractivity contribution is 7.84. The summed E-state index contributed by atoms with van der Waals surface area (Å²) in [6.45, 7) is 1.90. The quantitative estimate of drug-likeness (QED) is 0.881. The molecule has 5 nitrogen and oxygen atoms in total. The molecule has 0 spiro atoms. The Morgan fingerprint density at radius 3 is 3.00 bits per heavy atom. The first-order valence-corrected chi connectivity index (χ1v) is 8.77. The summed E-state index contributed by atoms with van der Waals surface area (Å²) in [6.07, 6.45) is 3.99. The van der Waals surface area contributed by atoms with E-state index in [4.69, 9.17) is 5.73 Å². The minimum atomic E-state index is -0.846. The van der Waals surface area contributed by atoms with Crippen molar-refractivity contribution in [3.05, 3.63) is 23.2 Å². The van der Waals surface area contributed by atoms with Gasteiger partial charge in [0.15, 0.2) is 0 Å². The number of thiophene rings is 1. The van der Waals surface area contributed by atoms with Gasteiger partial charge in [0.25, 0.3) is 5.91 Å². The molecule has 108 valence electrons. The van der Waals surface area contributed by atoms with Crippen LogP contribution in [0.2, 0.25) is 0 Å². The number of amides is 1. The second kappa shape index (κ2) is 6.32. The van der Waals surface area contributed by atoms with Gasteiger partial charge in [-0.05, 0) is 25.5 Å². The summed E-state index contributed by atoms with van der Waals surface area (Å²) in [6, 6.07) is 3.67. The van der Waals surface area contributed by atoms with Gasteiger partial charge in [-0.25, -0.2) is 0 Å². The Labute approximate surface area is 124 Å². The smallest absolute Gasteiger partial charge is 0.263 e. The third-order valence-corrected chi connectivity index (χ3v) is 4.87. The molecule has 0 saturated carbocycles. The maximum atomic E-state index is 12.2. The van der Waals surface area contributed by atoms with Crippen molar-refractivity contribution in [3.8, 4) is 0 Å². The van der Waals surface area contributed by atoms with Crippen molar-refractivity contribution in [1.82, 2.24) is 10.3 Å². The SMILES string of the molecule is CC(CCS(C)=O)NC(=O)c1sc2cccnc2c1N. The third kappa shape index (κ3) is 3.34. The van der Waals surface area contributed by atoms with E-state index >= 15 is 0 Å². The van der Waals surface area contributed by atoms with E-state index in [0.717, 1.165) is 4.70 Å². The monoisotopic (exact) mass is 311 g/mol. The molecular weight excluding hydrogens is 294 g/mol. The fourth-order valence-electron chi connectivity index (χ4n) is 1.82. The summed E-state index contributed by atoms with van der Waals surface area (Å²) in [7, 11) is -0.846. The molecule has 0 aliphatic rings. The average Bonchev–Trinajstić information content (AvgIpc) is 2.74. The Morgan fingerprint density at radius 2 is 2.35 bits per heavy atom. The zero-order valence-corrected chi connectivity index (χ0v) is 13.0. The third-order valence-electron chi connectivity index (χ3n) is 2.90. The van der Waals surface area contributed by atoms with Crippen LogP contribution in [0.15, 0.2) is 18.3 Å². The Balaban J connectivity index is 2.11. The fourth-order valence-corrected chi connectivity index (χ4v) is 3.49. The topological polar surface area (TPSA) is 85.1 Å². The lowest BCUT2D eigenvalue weighted by Gasteiger charge is -2.12. The molecule has 2 aromatic rings. The van der Waals surface area contributed by atoms with Crippen molar-refractivity contribution in [1.29, 1.82) is 0 Å². The van der Waals surface area contributed by atoms with E-state index in [1.54, 1.807) is 12.5 Å². The molecule has 2 heterocycles. The van der Waals surface area contributed by atoms with Crippen LogP contribution >= 0.6 is 11.3 Å². The Morgan fingerprint density at radius 1 is 1.60 bits per heavy atom. The highest BCUT2D eigenvalue weighted by atomic mass is 32.2. The zero-order chi connectivity index (χ0) is 14.7. The highest BCUT2D eigenvalue weighted by Gasteiger charge is 2.18. The van der Waals surface area contributed by atoms with Gasteiger partial charge in [0.1, 0.15) is 10.4 Å². The summed E-state index contributed by atoms with van der Waals surface area (Å²) in [5.41, 5.74) is 7.07. The lowest BCUT2D eigenvalue weighted by atomic mass is 10.2. The van der Waals surface area contributed by atoms with Crippen molar-refractivity contribution in [3.63, 3.8) is 0 Å². The summed E-state index contributed by atoms with van der Waals surface area (Å²) < 4.78 is 11.9. The van der Waals surface area contributed by atoms with Gasteiger partial charge in [-0.1, -0.05) is 0 Å². The van der Waals surface area contributed by atoms with Gasteiger partial charge in [0.2, 0.25) is 0 Å². The van der Waals surface area contributed by atoms with Gasteiger partial charge in [0, 0.05) is 35.0 Å². The Hall–Kier alpha value is -1.47. The molecule has 3 N–H and O–H groups in total. The number of anilines is 1. The second-order valence-corrected chi connectivity index (χ2v) is 7.24. The lowest BCUT2D eigenvalue weighted by Crippen LogP contribution is -2.33. The number of fused-ring (bicyclic) bond motifs is 1. The van der Waals surface area contributed by atoms with Gasteiger partial charge in [-0.15, -0.1) is 11.3 Å². The van der Waals surface area contributed by atoms with E-state index in [0.29, 0.717) is 28.3 Å². The molecule has 0 aliphatic heterocycles. The first kappa shape index (κ1) is 14.9. The van der Waals surface area contributed by atoms with Crippen molar-refractivity contribution in [2.24, 2.45) is 0 Å². The van der Waals surface area contributed by atoms with Gasteiger partial charge in [-0.2, -0.15) is 0 Å². The van der Waals surface area contributed by atoms with Crippen molar-refractivity contribution in [2.75, 3.05) is 17.7 Å². The van der Waals surface area contributed by atoms with Crippen LogP contribution < -0.4 is 11.1 Å². The number of hydrogen-bond donors (Lipinski definition) is 2. The van der Waals surface area contributed by atoms with Crippen molar-refractivity contribution in [2.45, 2.75) is 19.4 Å². The molecule has 0 aromatic carbocycles. The van der Waals surface area contributed by atoms with Gasteiger partial charge in [-0.3, -0.25) is 14.0 Å². The van der Waals surface area contributed by atoms with Crippen LogP contribution in [0.25, 0.3) is 10.2 Å². The van der Waals surface area contributed by atoms with Crippen LogP contribution in [0.3, 0.4) is 0 Å². The molecule has 2 rings (SSSR count). The molecule has 0 aliphatic carbocycles. The second-order valence-electron chi connectivity index (χ2n) is 4.64. The lowest BCUT2D eigenvalue weighted by molar-refractivity contribution is 0.0944. The first-order valence-electron chi connectivity index (χ1n) is 6.23. The minimum absolute atomic E-state index is 0.0380. The molecule has 2 atom stereocenters. The molecule has 7 heteroatoms. The number of nitrogen functional groups attached to an aromatic ring is 1. The standard InChI is InChI=1S/C13H17N3O2S2/c1-8(5-7-20(2)18)16-13(17)12-10(14)11-9(19-12)4-3-6-15-11/h3-4,6,8H,5,7,14H2,1-2H3,(H,16,17). The number of pyridine rings is 1. The molecule has 2 unspecified atom stereocenters. The van der Waals surface area contributed by atoms with Crippen molar-refractivity contribution >= 4 is 43.9 Å². The minimum Gasteiger partial charge on any atom is -0.396 e. The predicted octanol–water partition coefficient (Wildman–Crippen LogP) is 1.77.